The number of hydrogen-bond acceptors (Lipinski definition) is 42. The number of sulfonamides is 1. The van der Waals surface area contributed by atoms with Gasteiger partial charge in [-0.05, 0) is 81.2 Å². The molecule has 8 rings (SSSR count). The molecule has 0 saturated carbocycles. The van der Waals surface area contributed by atoms with Crippen LogP contribution in [0.3, 0.4) is 0 Å². The summed E-state index contributed by atoms with van der Waals surface area (Å²) >= 11 is 0. The first-order chi connectivity index (χ1) is 56.6. The zero-order valence-corrected chi connectivity index (χ0v) is 72.9. The Kier molecular flexibility index (Phi) is 37.4. The van der Waals surface area contributed by atoms with Crippen molar-refractivity contribution < 1.29 is 187 Å². The van der Waals surface area contributed by atoms with E-state index >= 15 is 0 Å². The number of piperidine rings is 1. The van der Waals surface area contributed by atoms with Gasteiger partial charge in [0.1, 0.15) is 90.8 Å². The van der Waals surface area contributed by atoms with Gasteiger partial charge in [0, 0.05) is 92.6 Å². The molecule has 692 valence electrons. The number of carboxylic acids is 2. The van der Waals surface area contributed by atoms with E-state index in [9.17, 15) is 89.7 Å². The quantitative estimate of drug-likeness (QED) is 0.0215. The van der Waals surface area contributed by atoms with Crippen LogP contribution >= 0.6 is 0 Å². The molecule has 121 heavy (non-hydrogen) atoms. The van der Waals surface area contributed by atoms with E-state index in [-0.39, 0.29) is 35.9 Å². The number of amidine groups is 1. The zero-order chi connectivity index (χ0) is 90.5. The smallest absolute Gasteiger partial charge is 0.245 e. The number of nitrogens with two attached hydrogens (primary N) is 1. The number of nitrogen functional groups attached to an aromatic ring is 1. The molecular formula is C70H105N5O41S5-6. The Morgan fingerprint density at radius 2 is 1.00 bits per heavy atom. The van der Waals surface area contributed by atoms with E-state index in [1.165, 1.54) is 70.4 Å². The van der Waals surface area contributed by atoms with Gasteiger partial charge in [0.15, 0.2) is 37.6 Å². The SMILES string of the molecule is CC[C@H]1O[C@H](OC)[C@H](OS(=O)(=O)[O-])[C@@H](C)[C@@H]1O[C@@H]1O[C@@H](C(=O)[O-])[C@@H](O[C@H]2O[C@H](CC)[C@@H](O[C@@H]3O[C@H](C(=O)[O-])[C@@H](C)[C@H](OC)[C@H]3OC)[C@H](OS(=O)(=O)[O-])[C@H]2OS(=O)(=O)[O-])[C@H](OC)[C@H]1C.COc1cc(C)c(S(=O)(=O)NC(CO[C@H]2[C@H](OC)[C@@H](OC)[C@@H](OC)O[C@@H]2COS(=O)(=O)[O-])C(=O)NC(Cc2ccc(C(=N)N)cc2)C(=O)N2CCCCC2)c(C)c1C. The number of nitrogens with one attached hydrogen (secondary N) is 3. The van der Waals surface area contributed by atoms with Crippen molar-refractivity contribution in [2.24, 2.45) is 23.5 Å². The number of amides is 2. The topological polar surface area (TPSA) is 648 Å². The molecular weight excluding hydrogens is 1730 g/mol. The normalized spacial score (nSPS) is 32.6. The summed E-state index contributed by atoms with van der Waals surface area (Å²) in [6, 6.07) is 5.25. The molecule has 0 aliphatic carbocycles. The third kappa shape index (κ3) is 26.5. The highest BCUT2D eigenvalue weighted by Gasteiger charge is 2.58. The fourth-order valence-electron chi connectivity index (χ4n) is 15.5. The van der Waals surface area contributed by atoms with Crippen LogP contribution in [-0.4, -0.2) is 325 Å². The van der Waals surface area contributed by atoms with Crippen molar-refractivity contribution in [3.05, 3.63) is 58.1 Å². The monoisotopic (exact) mass is 1830 g/mol. The van der Waals surface area contributed by atoms with Gasteiger partial charge in [-0.2, -0.15) is 4.72 Å². The number of likely N-dealkylation sites (tertiary alicyclic amines) is 1. The predicted molar refractivity (Wildman–Crippen MR) is 398 cm³/mol. The Hall–Kier alpha value is -5.66. The first kappa shape index (κ1) is 102. The van der Waals surface area contributed by atoms with Gasteiger partial charge in [-0.1, -0.05) is 58.9 Å². The second kappa shape index (κ2) is 44.2. The first-order valence-electron chi connectivity index (χ1n) is 37.8. The molecule has 0 spiro atoms. The Labute approximate surface area is 701 Å². The van der Waals surface area contributed by atoms with Crippen LogP contribution in [0.25, 0.3) is 0 Å². The largest absolute Gasteiger partial charge is 0.726 e. The summed E-state index contributed by atoms with van der Waals surface area (Å²) < 4.78 is 289. The Morgan fingerprint density at radius 3 is 1.51 bits per heavy atom. The van der Waals surface area contributed by atoms with Gasteiger partial charge in [0.2, 0.25) is 63.4 Å². The number of carbonyl (C=O) groups is 4. The number of carbonyl (C=O) groups excluding carboxylic acids is 4. The molecule has 27 atom stereocenters. The van der Waals surface area contributed by atoms with Gasteiger partial charge in [-0.3, -0.25) is 31.7 Å². The lowest BCUT2D eigenvalue weighted by molar-refractivity contribution is -0.387. The highest BCUT2D eigenvalue weighted by Crippen LogP contribution is 2.43. The Balaban J connectivity index is 0.000000334. The molecule has 0 aromatic heterocycles. The molecule has 6 saturated heterocycles. The molecule has 5 N–H and O–H groups in total. The number of ether oxygens (including phenoxy) is 17. The maximum atomic E-state index is 14.5. The maximum absolute atomic E-state index is 14.5. The van der Waals surface area contributed by atoms with E-state index in [2.05, 4.69) is 18.4 Å². The third-order valence-electron chi connectivity index (χ3n) is 21.4. The van der Waals surface area contributed by atoms with Gasteiger partial charge in [-0.25, -0.2) is 42.1 Å². The van der Waals surface area contributed by atoms with Crippen molar-refractivity contribution in [3.8, 4) is 5.75 Å². The number of methoxy groups -OCH3 is 8. The van der Waals surface area contributed by atoms with Crippen LogP contribution < -0.4 is 30.7 Å². The van der Waals surface area contributed by atoms with E-state index in [1.807, 2.05) is 0 Å². The van der Waals surface area contributed by atoms with Crippen molar-refractivity contribution in [2.45, 2.75) is 246 Å². The van der Waals surface area contributed by atoms with Gasteiger partial charge in [0.05, 0.1) is 67.7 Å². The summed E-state index contributed by atoms with van der Waals surface area (Å²) in [4.78, 5) is 54.9. The minimum absolute atomic E-state index is 0.00863. The van der Waals surface area contributed by atoms with Crippen molar-refractivity contribution >= 4 is 81.2 Å². The lowest BCUT2D eigenvalue weighted by Gasteiger charge is -2.52. The number of hydrogen-bond donors (Lipinski definition) is 4. The lowest BCUT2D eigenvalue weighted by atomic mass is 9.88. The Bertz CT molecular complexity index is 4400. The number of aryl methyl sites for hydroxylation is 1. The maximum Gasteiger partial charge on any atom is 0.245 e. The summed E-state index contributed by atoms with van der Waals surface area (Å²) in [6.07, 6.45) is -32.8. The average molecular weight is 1830 g/mol. The van der Waals surface area contributed by atoms with Gasteiger partial charge < -0.3 is 134 Å². The van der Waals surface area contributed by atoms with Crippen LogP contribution in [0.1, 0.15) is 94.5 Å². The second-order valence-corrected chi connectivity index (χ2v) is 34.8. The molecule has 46 nitrogen and oxygen atoms in total. The second-order valence-electron chi connectivity index (χ2n) is 29.1. The highest BCUT2D eigenvalue weighted by atomic mass is 32.3. The standard InChI is InChI=1S/C37H55N5O14S2.C33H56O27S3/c1-21-17-28(50-4)22(2)23(3)33(21)57(45,46)41-27(19-54-30-29(20-55-58(47,48)49)56-37(53-7)32(52-6)31(30)51-5)35(43)40-26(36(44)42-15-9-8-10-16-42)18-24-11-13-25(14-12-24)34(38)39;1-10-15-17(12(3)21(31(50-9)51-15)58-61(38,39)40)53-30-14(5)19(48-7)23(25(57-30)29(36)37)56-33-27(60-63(44,45)46)24(59-62(41,42)43)22(16(11-2)52-33)55-32-26(49-8)18(47-6)13(4)20(54-32)28(34)35/h11-14,17,26-27,29-32,37,41H,8-10,15-16,18-20H2,1-7H3,(H3,38,39)(H,40,43)(H,47,48,49);12-27,30-33H,10-11H2,1-9H3,(H,34,35)(H,36,37)(H,38,39,40)(H,41,42,43)(H,44,45,46)/p-6/t26?,27?,29-,30-,31+,32-,37+;12-,13-,14+,15+,16+,17-,18-,19+,20-,21+,22+,23-,24-,25+,26+,27+,30+,31-,32-,33+/m10/s1. The fourth-order valence-corrected chi connectivity index (χ4v) is 19.0. The number of carboxylic acid groups (broad SMARTS) is 2. The number of benzene rings is 2. The van der Waals surface area contributed by atoms with Crippen LogP contribution in [0.4, 0.5) is 0 Å². The third-order valence-corrected chi connectivity index (χ3v) is 25.0. The minimum atomic E-state index is -5.95. The summed E-state index contributed by atoms with van der Waals surface area (Å²) in [5, 5.41) is 35.3. The highest BCUT2D eigenvalue weighted by molar-refractivity contribution is 7.89. The molecule has 2 aromatic carbocycles. The molecule has 6 aliphatic rings. The molecule has 6 heterocycles. The predicted octanol–water partition coefficient (Wildman–Crippen LogP) is -3.95. The molecule has 6 aliphatic heterocycles. The van der Waals surface area contributed by atoms with Crippen LogP contribution in [0.5, 0.6) is 5.75 Å². The van der Waals surface area contributed by atoms with Crippen molar-refractivity contribution in [3.63, 3.8) is 0 Å². The zero-order valence-electron chi connectivity index (χ0n) is 68.9. The molecule has 2 amide bonds. The fraction of sp³-hybridized carbons (Fsp3) is 0.757. The van der Waals surface area contributed by atoms with Crippen LogP contribution in [0.2, 0.25) is 0 Å². The molecule has 51 heteroatoms. The van der Waals surface area contributed by atoms with E-state index < -0.39 is 248 Å². The minimum Gasteiger partial charge on any atom is -0.726 e. The summed E-state index contributed by atoms with van der Waals surface area (Å²) in [5.41, 5.74) is 7.96. The van der Waals surface area contributed by atoms with E-state index in [0.29, 0.717) is 46.7 Å². The van der Waals surface area contributed by atoms with Crippen molar-refractivity contribution in [1.82, 2.24) is 14.9 Å². The van der Waals surface area contributed by atoms with Crippen molar-refractivity contribution in [2.75, 3.05) is 83.2 Å². The van der Waals surface area contributed by atoms with Crippen molar-refractivity contribution in [1.29, 1.82) is 5.41 Å². The summed E-state index contributed by atoms with van der Waals surface area (Å²) in [5.74, 6) is -7.79. The van der Waals surface area contributed by atoms with Gasteiger partial charge in [-0.15, -0.1) is 0 Å². The molecule has 6 fully saturated rings. The number of aliphatic carboxylic acids is 2. The molecule has 0 radical (unpaired) electrons. The number of rotatable bonds is 39. The summed E-state index contributed by atoms with van der Waals surface area (Å²) in [6.45, 7) is 11.6. The van der Waals surface area contributed by atoms with Crippen LogP contribution in [0, 0.1) is 43.9 Å². The molecule has 2 unspecified atom stereocenters. The van der Waals surface area contributed by atoms with Gasteiger partial charge in [0.25, 0.3) is 0 Å². The molecule has 2 aromatic rings. The van der Waals surface area contributed by atoms with Gasteiger partial charge >= 0.3 is 0 Å². The van der Waals surface area contributed by atoms with E-state index in [1.54, 1.807) is 62.9 Å². The summed E-state index contributed by atoms with van der Waals surface area (Å²) in [7, 11) is -16.9. The number of nitrogens with zero attached hydrogens (tertiary/aromatic N) is 1. The first-order valence-corrected chi connectivity index (χ1v) is 44.6. The average Bonchev–Trinajstić information content (AvgIpc) is 0.757. The molecule has 0 bridgehead atoms. The van der Waals surface area contributed by atoms with Crippen LogP contribution in [-0.2, 0) is 170 Å². The van der Waals surface area contributed by atoms with E-state index in [4.69, 9.17) is 100 Å². The Morgan fingerprint density at radius 1 is 0.521 bits per heavy atom. The lowest BCUT2D eigenvalue weighted by Crippen LogP contribution is -2.68. The van der Waals surface area contributed by atoms with Crippen LogP contribution in [0.15, 0.2) is 35.2 Å². The van der Waals surface area contributed by atoms with E-state index in [0.717, 1.165) is 33.5 Å².